The number of aromatic nitrogens is 1. The summed E-state index contributed by atoms with van der Waals surface area (Å²) in [6.07, 6.45) is 2.46. The number of hydrogen-bond acceptors (Lipinski definition) is 5. The van der Waals surface area contributed by atoms with Crippen molar-refractivity contribution >= 4 is 22.4 Å². The summed E-state index contributed by atoms with van der Waals surface area (Å²) < 4.78 is 4.75. The largest absolute Gasteiger partial charge is 0.464 e. The summed E-state index contributed by atoms with van der Waals surface area (Å²) in [5.41, 5.74) is 0.461. The third-order valence-corrected chi connectivity index (χ3v) is 4.54. The predicted octanol–water partition coefficient (Wildman–Crippen LogP) is 2.86. The second kappa shape index (κ2) is 5.26. The lowest BCUT2D eigenvalue weighted by molar-refractivity contribution is 0.0594. The molecule has 0 bridgehead atoms. The maximum absolute atomic E-state index is 11.6. The van der Waals surface area contributed by atoms with E-state index in [0.29, 0.717) is 17.7 Å². The number of carbonyl (C=O) groups excluding carboxylic acids is 1. The SMILES string of the molecule is COC(=O)c1nc(N2CC(C)CCC2C)sc1C. The van der Waals surface area contributed by atoms with Gasteiger partial charge in [-0.25, -0.2) is 9.78 Å². The summed E-state index contributed by atoms with van der Waals surface area (Å²) in [5.74, 6) is 0.347. The van der Waals surface area contributed by atoms with Crippen molar-refractivity contribution in [1.82, 2.24) is 4.98 Å². The Labute approximate surface area is 112 Å². The molecule has 0 radical (unpaired) electrons. The standard InChI is InChI=1S/C13H20N2O2S/c1-8-5-6-9(2)15(7-8)13-14-11(10(3)18-13)12(16)17-4/h8-9H,5-7H2,1-4H3. The van der Waals surface area contributed by atoms with Gasteiger partial charge in [0.2, 0.25) is 0 Å². The van der Waals surface area contributed by atoms with Crippen LogP contribution in [0, 0.1) is 12.8 Å². The molecule has 1 aliphatic heterocycles. The number of hydrogen-bond donors (Lipinski definition) is 0. The summed E-state index contributed by atoms with van der Waals surface area (Å²) in [6, 6.07) is 0.497. The number of thiazole rings is 1. The lowest BCUT2D eigenvalue weighted by Gasteiger charge is -2.36. The molecule has 4 nitrogen and oxygen atoms in total. The van der Waals surface area contributed by atoms with Crippen LogP contribution in [0.3, 0.4) is 0 Å². The van der Waals surface area contributed by atoms with Crippen LogP contribution < -0.4 is 4.90 Å². The highest BCUT2D eigenvalue weighted by molar-refractivity contribution is 7.15. The summed E-state index contributed by atoms with van der Waals surface area (Å²) in [7, 11) is 1.40. The Morgan fingerprint density at radius 3 is 2.83 bits per heavy atom. The third-order valence-electron chi connectivity index (χ3n) is 3.53. The maximum atomic E-state index is 11.6. The van der Waals surface area contributed by atoms with Gasteiger partial charge in [0.05, 0.1) is 7.11 Å². The molecule has 1 aliphatic rings. The van der Waals surface area contributed by atoms with E-state index in [1.165, 1.54) is 20.0 Å². The molecule has 0 saturated carbocycles. The van der Waals surface area contributed by atoms with Crippen LogP contribution in [0.5, 0.6) is 0 Å². The Balaban J connectivity index is 2.25. The molecular weight excluding hydrogens is 248 g/mol. The van der Waals surface area contributed by atoms with Gasteiger partial charge in [-0.1, -0.05) is 6.92 Å². The van der Waals surface area contributed by atoms with E-state index in [1.54, 1.807) is 11.3 Å². The van der Waals surface area contributed by atoms with Crippen LogP contribution >= 0.6 is 11.3 Å². The van der Waals surface area contributed by atoms with Crippen LogP contribution in [-0.4, -0.2) is 30.6 Å². The van der Waals surface area contributed by atoms with E-state index in [1.807, 2.05) is 6.92 Å². The monoisotopic (exact) mass is 268 g/mol. The quantitative estimate of drug-likeness (QED) is 0.774. The van der Waals surface area contributed by atoms with E-state index in [0.717, 1.165) is 16.6 Å². The summed E-state index contributed by atoms with van der Waals surface area (Å²) in [4.78, 5) is 19.3. The van der Waals surface area contributed by atoms with Gasteiger partial charge in [-0.2, -0.15) is 0 Å². The smallest absolute Gasteiger partial charge is 0.357 e. The van der Waals surface area contributed by atoms with Crippen LogP contribution in [0.15, 0.2) is 0 Å². The number of ether oxygens (including phenoxy) is 1. The summed E-state index contributed by atoms with van der Waals surface area (Å²) >= 11 is 1.58. The van der Waals surface area contributed by atoms with Gasteiger partial charge in [0.25, 0.3) is 0 Å². The average Bonchev–Trinajstić information content (AvgIpc) is 2.73. The minimum Gasteiger partial charge on any atom is -0.464 e. The van der Waals surface area contributed by atoms with Gasteiger partial charge in [0, 0.05) is 17.5 Å². The van der Waals surface area contributed by atoms with Gasteiger partial charge < -0.3 is 9.64 Å². The molecule has 100 valence electrons. The average molecular weight is 268 g/mol. The Bertz CT molecular complexity index is 444. The van der Waals surface area contributed by atoms with E-state index < -0.39 is 0 Å². The van der Waals surface area contributed by atoms with Gasteiger partial charge in [0.15, 0.2) is 10.8 Å². The van der Waals surface area contributed by atoms with E-state index in [9.17, 15) is 4.79 Å². The normalized spacial score (nSPS) is 24.1. The number of esters is 1. The highest BCUT2D eigenvalue weighted by Crippen LogP contribution is 2.32. The van der Waals surface area contributed by atoms with Crippen LogP contribution in [0.2, 0.25) is 0 Å². The minimum atomic E-state index is -0.340. The highest BCUT2D eigenvalue weighted by atomic mass is 32.1. The number of carbonyl (C=O) groups is 1. The first-order valence-corrected chi connectivity index (χ1v) is 7.17. The Morgan fingerprint density at radius 1 is 1.44 bits per heavy atom. The third kappa shape index (κ3) is 2.51. The maximum Gasteiger partial charge on any atom is 0.357 e. The molecule has 1 saturated heterocycles. The van der Waals surface area contributed by atoms with Crippen molar-refractivity contribution in [2.45, 2.75) is 39.7 Å². The lowest BCUT2D eigenvalue weighted by atomic mass is 9.96. The number of aryl methyl sites for hydroxylation is 1. The van der Waals surface area contributed by atoms with Crippen molar-refractivity contribution in [2.75, 3.05) is 18.6 Å². The van der Waals surface area contributed by atoms with E-state index >= 15 is 0 Å². The van der Waals surface area contributed by atoms with Crippen molar-refractivity contribution < 1.29 is 9.53 Å². The summed E-state index contributed by atoms with van der Waals surface area (Å²) in [5, 5.41) is 0.951. The molecule has 0 spiro atoms. The Hall–Kier alpha value is -1.10. The van der Waals surface area contributed by atoms with Gasteiger partial charge in [-0.3, -0.25) is 0 Å². The fraction of sp³-hybridized carbons (Fsp3) is 0.692. The second-order valence-corrected chi connectivity index (χ2v) is 6.26. The van der Waals surface area contributed by atoms with Crippen LogP contribution in [-0.2, 0) is 4.74 Å². The first-order valence-electron chi connectivity index (χ1n) is 6.35. The molecule has 1 fully saturated rings. The van der Waals surface area contributed by atoms with Gasteiger partial charge in [-0.05, 0) is 32.6 Å². The molecule has 0 aliphatic carbocycles. The zero-order valence-corrected chi connectivity index (χ0v) is 12.2. The molecule has 5 heteroatoms. The molecule has 1 aromatic rings. The molecule has 2 heterocycles. The van der Waals surface area contributed by atoms with Gasteiger partial charge in [0.1, 0.15) is 0 Å². The predicted molar refractivity (Wildman–Crippen MR) is 73.4 cm³/mol. The van der Waals surface area contributed by atoms with Crippen molar-refractivity contribution in [3.63, 3.8) is 0 Å². The van der Waals surface area contributed by atoms with Crippen LogP contribution in [0.4, 0.5) is 5.13 Å². The molecule has 0 N–H and O–H groups in total. The first-order chi connectivity index (χ1) is 8.52. The molecule has 0 amide bonds. The number of anilines is 1. The molecule has 18 heavy (non-hydrogen) atoms. The first kappa shape index (κ1) is 13.3. The molecule has 0 aromatic carbocycles. The van der Waals surface area contributed by atoms with Gasteiger partial charge >= 0.3 is 5.97 Å². The van der Waals surface area contributed by atoms with Crippen molar-refractivity contribution in [1.29, 1.82) is 0 Å². The Kier molecular flexibility index (Phi) is 3.90. The molecule has 2 atom stereocenters. The van der Waals surface area contributed by atoms with Crippen molar-refractivity contribution in [3.05, 3.63) is 10.6 Å². The minimum absolute atomic E-state index is 0.340. The molecule has 2 unspecified atom stereocenters. The zero-order chi connectivity index (χ0) is 13.3. The number of rotatable bonds is 2. The number of piperidine rings is 1. The highest BCUT2D eigenvalue weighted by Gasteiger charge is 2.27. The Morgan fingerprint density at radius 2 is 2.17 bits per heavy atom. The topological polar surface area (TPSA) is 42.4 Å². The fourth-order valence-corrected chi connectivity index (χ4v) is 3.35. The summed E-state index contributed by atoms with van der Waals surface area (Å²) in [6.45, 7) is 7.43. The second-order valence-electron chi connectivity index (χ2n) is 5.08. The van der Waals surface area contributed by atoms with E-state index in [4.69, 9.17) is 4.74 Å². The molecular formula is C13H20N2O2S. The van der Waals surface area contributed by atoms with E-state index in [-0.39, 0.29) is 5.97 Å². The van der Waals surface area contributed by atoms with Gasteiger partial charge in [-0.15, -0.1) is 11.3 Å². The number of nitrogens with zero attached hydrogens (tertiary/aromatic N) is 2. The van der Waals surface area contributed by atoms with Crippen LogP contribution in [0.25, 0.3) is 0 Å². The molecule has 1 aromatic heterocycles. The molecule has 2 rings (SSSR count). The van der Waals surface area contributed by atoms with Crippen molar-refractivity contribution in [3.8, 4) is 0 Å². The number of methoxy groups -OCH3 is 1. The van der Waals surface area contributed by atoms with E-state index in [2.05, 4.69) is 23.7 Å². The fourth-order valence-electron chi connectivity index (χ4n) is 2.35. The lowest BCUT2D eigenvalue weighted by Crippen LogP contribution is -2.41. The van der Waals surface area contributed by atoms with Crippen LogP contribution in [0.1, 0.15) is 42.1 Å². The van der Waals surface area contributed by atoms with Crippen molar-refractivity contribution in [2.24, 2.45) is 5.92 Å². The zero-order valence-electron chi connectivity index (χ0n) is 11.4.